The molecule has 0 aliphatic carbocycles. The van der Waals surface area contributed by atoms with E-state index in [9.17, 15) is 8.42 Å². The van der Waals surface area contributed by atoms with Crippen LogP contribution in [0, 0.1) is 0 Å². The molecule has 0 N–H and O–H groups in total. The number of anilines is 1. The van der Waals surface area contributed by atoms with Gasteiger partial charge in [-0.1, -0.05) is 60.5 Å². The highest BCUT2D eigenvalue weighted by Crippen LogP contribution is 2.31. The van der Waals surface area contributed by atoms with E-state index in [-0.39, 0.29) is 4.90 Å². The predicted octanol–water partition coefficient (Wildman–Crippen LogP) is 6.05. The molecule has 3 nitrogen and oxygen atoms in total. The van der Waals surface area contributed by atoms with Gasteiger partial charge in [0.05, 0.1) is 10.6 Å². The van der Waals surface area contributed by atoms with Gasteiger partial charge >= 0.3 is 0 Å². The lowest BCUT2D eigenvalue weighted by Crippen LogP contribution is -2.26. The number of hydrogen-bond donors (Lipinski definition) is 0. The second-order valence-corrected chi connectivity index (χ2v) is 8.96. The van der Waals surface area contributed by atoms with E-state index in [2.05, 4.69) is 0 Å². The monoisotopic (exact) mass is 419 g/mol. The van der Waals surface area contributed by atoms with Gasteiger partial charge in [-0.2, -0.15) is 0 Å². The first kappa shape index (κ1) is 19.7. The Kier molecular flexibility index (Phi) is 5.80. The van der Waals surface area contributed by atoms with Crippen molar-refractivity contribution in [2.24, 2.45) is 0 Å². The Labute approximate surface area is 170 Å². The SMILES string of the molecule is CCc1cccc(N(C)S(=O)(=O)c2ccc(-c3ccc(Cl)cc3Cl)cc2)c1. The molecule has 140 valence electrons. The van der Waals surface area contributed by atoms with Crippen LogP contribution in [0.25, 0.3) is 11.1 Å². The zero-order chi connectivity index (χ0) is 19.6. The third kappa shape index (κ3) is 4.13. The van der Waals surface area contributed by atoms with E-state index in [0.29, 0.717) is 15.7 Å². The first-order valence-corrected chi connectivity index (χ1v) is 10.7. The minimum absolute atomic E-state index is 0.223. The highest BCUT2D eigenvalue weighted by molar-refractivity contribution is 7.92. The van der Waals surface area contributed by atoms with Crippen LogP contribution in [0.5, 0.6) is 0 Å². The van der Waals surface area contributed by atoms with Crippen LogP contribution in [0.3, 0.4) is 0 Å². The van der Waals surface area contributed by atoms with E-state index in [1.54, 1.807) is 49.5 Å². The normalized spacial score (nSPS) is 11.4. The molecular formula is C21H19Cl2NO2S. The van der Waals surface area contributed by atoms with Crippen LogP contribution in [0.15, 0.2) is 71.6 Å². The van der Waals surface area contributed by atoms with E-state index in [1.807, 2.05) is 31.2 Å². The largest absolute Gasteiger partial charge is 0.269 e. The lowest BCUT2D eigenvalue weighted by molar-refractivity contribution is 0.594. The van der Waals surface area contributed by atoms with Crippen LogP contribution in [-0.4, -0.2) is 15.5 Å². The summed E-state index contributed by atoms with van der Waals surface area (Å²) in [5.41, 5.74) is 3.35. The van der Waals surface area contributed by atoms with Crippen molar-refractivity contribution in [1.82, 2.24) is 0 Å². The molecule has 0 aromatic heterocycles. The third-order valence-electron chi connectivity index (χ3n) is 4.44. The van der Waals surface area contributed by atoms with Crippen molar-refractivity contribution in [1.29, 1.82) is 0 Å². The molecule has 0 unspecified atom stereocenters. The predicted molar refractivity (Wildman–Crippen MR) is 113 cm³/mol. The first-order valence-electron chi connectivity index (χ1n) is 8.46. The highest BCUT2D eigenvalue weighted by atomic mass is 35.5. The van der Waals surface area contributed by atoms with Gasteiger partial charge in [0.25, 0.3) is 10.0 Å². The Morgan fingerprint density at radius 1 is 0.926 bits per heavy atom. The second kappa shape index (κ2) is 7.93. The highest BCUT2D eigenvalue weighted by Gasteiger charge is 2.21. The molecule has 0 aliphatic rings. The quantitative estimate of drug-likeness (QED) is 0.504. The fourth-order valence-electron chi connectivity index (χ4n) is 2.80. The Balaban J connectivity index is 1.93. The van der Waals surface area contributed by atoms with Crippen molar-refractivity contribution in [3.05, 3.63) is 82.3 Å². The molecule has 0 saturated heterocycles. The maximum Gasteiger partial charge on any atom is 0.264 e. The molecule has 0 bridgehead atoms. The van der Waals surface area contributed by atoms with Crippen molar-refractivity contribution < 1.29 is 8.42 Å². The molecule has 0 radical (unpaired) electrons. The zero-order valence-corrected chi connectivity index (χ0v) is 17.3. The summed E-state index contributed by atoms with van der Waals surface area (Å²) >= 11 is 12.2. The molecule has 0 amide bonds. The lowest BCUT2D eigenvalue weighted by Gasteiger charge is -2.20. The summed E-state index contributed by atoms with van der Waals surface area (Å²) in [4.78, 5) is 0.223. The third-order valence-corrected chi connectivity index (χ3v) is 6.78. The van der Waals surface area contributed by atoms with E-state index in [0.717, 1.165) is 23.1 Å². The van der Waals surface area contributed by atoms with Gasteiger partial charge in [0.15, 0.2) is 0 Å². The summed E-state index contributed by atoms with van der Waals surface area (Å²) in [7, 11) is -2.09. The maximum absolute atomic E-state index is 13.0. The van der Waals surface area contributed by atoms with Crippen molar-refractivity contribution in [2.45, 2.75) is 18.2 Å². The standard InChI is InChI=1S/C21H19Cl2NO2S/c1-3-15-5-4-6-18(13-15)24(2)27(25,26)19-10-7-16(8-11-19)20-12-9-17(22)14-21(20)23/h4-14H,3H2,1-2H3. The molecule has 3 rings (SSSR count). The number of halogens is 2. The Morgan fingerprint density at radius 3 is 2.26 bits per heavy atom. The molecule has 0 heterocycles. The van der Waals surface area contributed by atoms with Gasteiger partial charge in [-0.25, -0.2) is 8.42 Å². The number of sulfonamides is 1. The minimum Gasteiger partial charge on any atom is -0.269 e. The lowest BCUT2D eigenvalue weighted by atomic mass is 10.1. The van der Waals surface area contributed by atoms with Crippen LogP contribution < -0.4 is 4.31 Å². The summed E-state index contributed by atoms with van der Waals surface area (Å²) in [6, 6.07) is 19.4. The van der Waals surface area contributed by atoms with E-state index in [1.165, 1.54) is 4.31 Å². The average Bonchev–Trinajstić information content (AvgIpc) is 2.67. The van der Waals surface area contributed by atoms with Gasteiger partial charge in [-0.05, 0) is 53.9 Å². The van der Waals surface area contributed by atoms with Gasteiger partial charge in [-0.15, -0.1) is 0 Å². The number of benzene rings is 3. The van der Waals surface area contributed by atoms with Crippen molar-refractivity contribution in [3.8, 4) is 11.1 Å². The molecule has 0 fully saturated rings. The van der Waals surface area contributed by atoms with Gasteiger partial charge in [-0.3, -0.25) is 4.31 Å². The molecule has 0 atom stereocenters. The molecule has 3 aromatic carbocycles. The molecule has 0 saturated carbocycles. The van der Waals surface area contributed by atoms with Gasteiger partial charge in [0, 0.05) is 22.7 Å². The molecule has 0 spiro atoms. The Morgan fingerprint density at radius 2 is 1.63 bits per heavy atom. The topological polar surface area (TPSA) is 37.4 Å². The van der Waals surface area contributed by atoms with Crippen LogP contribution in [-0.2, 0) is 16.4 Å². The molecule has 27 heavy (non-hydrogen) atoms. The number of rotatable bonds is 5. The summed E-state index contributed by atoms with van der Waals surface area (Å²) in [5.74, 6) is 0. The van der Waals surface area contributed by atoms with Crippen molar-refractivity contribution >= 4 is 38.9 Å². The summed E-state index contributed by atoms with van der Waals surface area (Å²) in [6.45, 7) is 2.04. The fraction of sp³-hybridized carbons (Fsp3) is 0.143. The van der Waals surface area contributed by atoms with Gasteiger partial charge in [0.1, 0.15) is 0 Å². The second-order valence-electron chi connectivity index (χ2n) is 6.14. The fourth-order valence-corrected chi connectivity index (χ4v) is 4.50. The molecule has 6 heteroatoms. The van der Waals surface area contributed by atoms with Crippen LogP contribution in [0.1, 0.15) is 12.5 Å². The molecular weight excluding hydrogens is 401 g/mol. The van der Waals surface area contributed by atoms with Crippen molar-refractivity contribution in [2.75, 3.05) is 11.4 Å². The van der Waals surface area contributed by atoms with Crippen LogP contribution >= 0.6 is 23.2 Å². The first-order chi connectivity index (χ1) is 12.8. The van der Waals surface area contributed by atoms with E-state index < -0.39 is 10.0 Å². The Bertz CT molecular complexity index is 1060. The summed E-state index contributed by atoms with van der Waals surface area (Å²) in [5, 5.41) is 1.07. The Hall–Kier alpha value is -2.01. The average molecular weight is 420 g/mol. The minimum atomic E-state index is -3.65. The maximum atomic E-state index is 13.0. The van der Waals surface area contributed by atoms with Crippen LogP contribution in [0.2, 0.25) is 10.0 Å². The molecule has 0 aliphatic heterocycles. The van der Waals surface area contributed by atoms with Gasteiger partial charge in [0.2, 0.25) is 0 Å². The summed E-state index contributed by atoms with van der Waals surface area (Å²) in [6.07, 6.45) is 0.846. The summed E-state index contributed by atoms with van der Waals surface area (Å²) < 4.78 is 27.3. The number of hydrogen-bond acceptors (Lipinski definition) is 2. The zero-order valence-electron chi connectivity index (χ0n) is 15.0. The van der Waals surface area contributed by atoms with Crippen molar-refractivity contribution in [3.63, 3.8) is 0 Å². The number of aryl methyl sites for hydroxylation is 1. The van der Waals surface area contributed by atoms with Crippen LogP contribution in [0.4, 0.5) is 5.69 Å². The number of nitrogens with zero attached hydrogens (tertiary/aromatic N) is 1. The van der Waals surface area contributed by atoms with E-state index >= 15 is 0 Å². The smallest absolute Gasteiger partial charge is 0.264 e. The molecule has 3 aromatic rings. The van der Waals surface area contributed by atoms with E-state index in [4.69, 9.17) is 23.2 Å². The van der Waals surface area contributed by atoms with Gasteiger partial charge < -0.3 is 0 Å².